The number of nitrogens with one attached hydrogen (secondary N) is 2. The van der Waals surface area contributed by atoms with Crippen LogP contribution >= 0.6 is 0 Å². The van der Waals surface area contributed by atoms with E-state index >= 15 is 0 Å². The summed E-state index contributed by atoms with van der Waals surface area (Å²) in [5.74, 6) is -1.44. The van der Waals surface area contributed by atoms with Gasteiger partial charge in [0.05, 0.1) is 0 Å². The number of anilines is 1. The molecule has 7 heteroatoms. The number of ether oxygens (including phenoxy) is 1. The molecule has 0 radical (unpaired) electrons. The zero-order valence-corrected chi connectivity index (χ0v) is 15.4. The van der Waals surface area contributed by atoms with Gasteiger partial charge in [0.25, 0.3) is 5.91 Å². The number of esters is 1. The zero-order valence-electron chi connectivity index (χ0n) is 15.4. The number of carbonyl (C=O) groups excluding carboxylic acids is 3. The summed E-state index contributed by atoms with van der Waals surface area (Å²) in [4.78, 5) is 38.5. The number of primary amides is 1. The standard InChI is InChI=1S/C21H21N3O4/c1-13(21(27)24-16-9-6-14(7-10-16)20(22)26)28-19(25)11-8-15-12-23-18-5-3-2-4-17(15)18/h2-7,9-10,12-13,23H,8,11H2,1H3,(H2,22,26)(H,24,27)/t13-/m1/s1. The van der Waals surface area contributed by atoms with Crippen molar-refractivity contribution in [3.05, 3.63) is 65.9 Å². The predicted octanol–water partition coefficient (Wildman–Crippen LogP) is 2.77. The number of aromatic nitrogens is 1. The maximum atomic E-state index is 12.2. The number of hydrogen-bond donors (Lipinski definition) is 3. The summed E-state index contributed by atoms with van der Waals surface area (Å²) in [5.41, 5.74) is 8.04. The highest BCUT2D eigenvalue weighted by atomic mass is 16.5. The molecular weight excluding hydrogens is 358 g/mol. The van der Waals surface area contributed by atoms with Crippen LogP contribution in [0, 0.1) is 0 Å². The van der Waals surface area contributed by atoms with E-state index < -0.39 is 23.9 Å². The van der Waals surface area contributed by atoms with E-state index in [1.54, 1.807) is 12.1 Å². The lowest BCUT2D eigenvalue weighted by Crippen LogP contribution is -2.30. The molecule has 3 rings (SSSR count). The molecule has 0 saturated heterocycles. The van der Waals surface area contributed by atoms with Gasteiger partial charge in [0, 0.05) is 34.8 Å². The van der Waals surface area contributed by atoms with Gasteiger partial charge >= 0.3 is 5.97 Å². The molecule has 28 heavy (non-hydrogen) atoms. The van der Waals surface area contributed by atoms with Crippen LogP contribution < -0.4 is 11.1 Å². The number of aromatic amines is 1. The third kappa shape index (κ3) is 4.56. The second-order valence-electron chi connectivity index (χ2n) is 6.42. The molecule has 0 bridgehead atoms. The molecule has 1 heterocycles. The highest BCUT2D eigenvalue weighted by molar-refractivity contribution is 5.96. The van der Waals surface area contributed by atoms with Crippen LogP contribution in [0.5, 0.6) is 0 Å². The molecule has 7 nitrogen and oxygen atoms in total. The average Bonchev–Trinajstić information content (AvgIpc) is 3.10. The first-order valence-corrected chi connectivity index (χ1v) is 8.89. The van der Waals surface area contributed by atoms with Gasteiger partial charge in [-0.1, -0.05) is 18.2 Å². The fourth-order valence-corrected chi connectivity index (χ4v) is 2.85. The van der Waals surface area contributed by atoms with Gasteiger partial charge in [-0.3, -0.25) is 14.4 Å². The molecule has 1 aromatic heterocycles. The molecule has 144 valence electrons. The van der Waals surface area contributed by atoms with Crippen molar-refractivity contribution in [2.24, 2.45) is 5.73 Å². The molecule has 1 atom stereocenters. The van der Waals surface area contributed by atoms with E-state index in [0.29, 0.717) is 17.7 Å². The van der Waals surface area contributed by atoms with Crippen molar-refractivity contribution in [1.82, 2.24) is 4.98 Å². The minimum absolute atomic E-state index is 0.173. The van der Waals surface area contributed by atoms with E-state index in [2.05, 4.69) is 10.3 Å². The Labute approximate surface area is 161 Å². The molecule has 2 amide bonds. The van der Waals surface area contributed by atoms with Crippen LogP contribution in [0.4, 0.5) is 5.69 Å². The predicted molar refractivity (Wildman–Crippen MR) is 106 cm³/mol. The number of amides is 2. The second kappa shape index (κ2) is 8.39. The lowest BCUT2D eigenvalue weighted by Gasteiger charge is -2.13. The minimum Gasteiger partial charge on any atom is -0.453 e. The van der Waals surface area contributed by atoms with Crippen molar-refractivity contribution in [2.45, 2.75) is 25.9 Å². The van der Waals surface area contributed by atoms with Crippen molar-refractivity contribution in [2.75, 3.05) is 5.32 Å². The highest BCUT2D eigenvalue weighted by Gasteiger charge is 2.18. The molecule has 0 aliphatic heterocycles. The molecule has 3 aromatic rings. The number of carbonyl (C=O) groups is 3. The fraction of sp³-hybridized carbons (Fsp3) is 0.190. The average molecular weight is 379 g/mol. The molecule has 0 unspecified atom stereocenters. The van der Waals surface area contributed by atoms with Crippen LogP contribution in [0.1, 0.15) is 29.3 Å². The summed E-state index contributed by atoms with van der Waals surface area (Å²) >= 11 is 0. The monoisotopic (exact) mass is 379 g/mol. The van der Waals surface area contributed by atoms with Crippen LogP contribution in [-0.4, -0.2) is 28.9 Å². The lowest BCUT2D eigenvalue weighted by molar-refractivity contribution is -0.153. The van der Waals surface area contributed by atoms with E-state index in [1.165, 1.54) is 19.1 Å². The first-order valence-electron chi connectivity index (χ1n) is 8.89. The Morgan fingerprint density at radius 2 is 1.82 bits per heavy atom. The van der Waals surface area contributed by atoms with Gasteiger partial charge in [0.2, 0.25) is 5.91 Å². The fourth-order valence-electron chi connectivity index (χ4n) is 2.85. The van der Waals surface area contributed by atoms with Crippen molar-refractivity contribution in [3.8, 4) is 0 Å². The Kier molecular flexibility index (Phi) is 5.74. The molecule has 0 fully saturated rings. The Morgan fingerprint density at radius 3 is 2.54 bits per heavy atom. The lowest BCUT2D eigenvalue weighted by atomic mass is 10.1. The summed E-state index contributed by atoms with van der Waals surface area (Å²) < 4.78 is 5.22. The number of hydrogen-bond acceptors (Lipinski definition) is 4. The van der Waals surface area contributed by atoms with E-state index in [1.807, 2.05) is 30.5 Å². The number of nitrogens with two attached hydrogens (primary N) is 1. The molecule has 2 aromatic carbocycles. The molecule has 0 aliphatic carbocycles. The van der Waals surface area contributed by atoms with Gasteiger partial charge in [-0.15, -0.1) is 0 Å². The van der Waals surface area contributed by atoms with Crippen LogP contribution in [0.25, 0.3) is 10.9 Å². The summed E-state index contributed by atoms with van der Waals surface area (Å²) in [5, 5.41) is 3.70. The number of para-hydroxylation sites is 1. The third-order valence-electron chi connectivity index (χ3n) is 4.39. The minimum atomic E-state index is -0.939. The number of rotatable bonds is 7. The first-order chi connectivity index (χ1) is 13.4. The smallest absolute Gasteiger partial charge is 0.306 e. The molecule has 4 N–H and O–H groups in total. The molecular formula is C21H21N3O4. The van der Waals surface area contributed by atoms with E-state index in [0.717, 1.165) is 16.5 Å². The Bertz CT molecular complexity index is 1010. The van der Waals surface area contributed by atoms with Crippen molar-refractivity contribution in [3.63, 3.8) is 0 Å². The summed E-state index contributed by atoms with van der Waals surface area (Å²) in [6.07, 6.45) is 1.63. The van der Waals surface area contributed by atoms with Gasteiger partial charge in [-0.05, 0) is 49.2 Å². The van der Waals surface area contributed by atoms with Crippen LogP contribution in [-0.2, 0) is 20.7 Å². The topological polar surface area (TPSA) is 114 Å². The molecule has 0 spiro atoms. The maximum absolute atomic E-state index is 12.2. The summed E-state index contributed by atoms with van der Waals surface area (Å²) in [7, 11) is 0. The van der Waals surface area contributed by atoms with Crippen molar-refractivity contribution in [1.29, 1.82) is 0 Å². The van der Waals surface area contributed by atoms with Gasteiger partial charge in [0.1, 0.15) is 0 Å². The van der Waals surface area contributed by atoms with Gasteiger partial charge in [-0.25, -0.2) is 0 Å². The normalized spacial score (nSPS) is 11.8. The third-order valence-corrected chi connectivity index (χ3v) is 4.39. The Balaban J connectivity index is 1.50. The quantitative estimate of drug-likeness (QED) is 0.548. The molecule has 0 aliphatic rings. The Morgan fingerprint density at radius 1 is 1.11 bits per heavy atom. The number of aryl methyl sites for hydroxylation is 1. The highest BCUT2D eigenvalue weighted by Crippen LogP contribution is 2.19. The summed E-state index contributed by atoms with van der Waals surface area (Å²) in [6, 6.07) is 14.0. The number of benzene rings is 2. The maximum Gasteiger partial charge on any atom is 0.306 e. The van der Waals surface area contributed by atoms with Gasteiger partial charge in [0.15, 0.2) is 6.10 Å². The van der Waals surface area contributed by atoms with Crippen molar-refractivity contribution >= 4 is 34.4 Å². The van der Waals surface area contributed by atoms with Gasteiger partial charge < -0.3 is 20.8 Å². The van der Waals surface area contributed by atoms with E-state index in [4.69, 9.17) is 10.5 Å². The zero-order chi connectivity index (χ0) is 20.1. The summed E-state index contributed by atoms with van der Waals surface area (Å²) in [6.45, 7) is 1.51. The first kappa shape index (κ1) is 19.2. The Hall–Kier alpha value is -3.61. The largest absolute Gasteiger partial charge is 0.453 e. The SMILES string of the molecule is C[C@@H](OC(=O)CCc1c[nH]c2ccccc12)C(=O)Nc1ccc(C(N)=O)cc1. The van der Waals surface area contributed by atoms with Crippen LogP contribution in [0.15, 0.2) is 54.7 Å². The van der Waals surface area contributed by atoms with Crippen molar-refractivity contribution < 1.29 is 19.1 Å². The van der Waals surface area contributed by atoms with Crippen LogP contribution in [0.2, 0.25) is 0 Å². The second-order valence-corrected chi connectivity index (χ2v) is 6.42. The van der Waals surface area contributed by atoms with Gasteiger partial charge in [-0.2, -0.15) is 0 Å². The number of H-pyrrole nitrogens is 1. The van der Waals surface area contributed by atoms with Crippen LogP contribution in [0.3, 0.4) is 0 Å². The van der Waals surface area contributed by atoms with E-state index in [-0.39, 0.29) is 6.42 Å². The molecule has 0 saturated carbocycles. The number of fused-ring (bicyclic) bond motifs is 1. The van der Waals surface area contributed by atoms with E-state index in [9.17, 15) is 14.4 Å².